The molecule has 0 spiro atoms. The monoisotopic (exact) mass is 380 g/mol. The van der Waals surface area contributed by atoms with E-state index in [0.29, 0.717) is 11.5 Å². The molecule has 1 rings (SSSR count). The Morgan fingerprint density at radius 1 is 1.25 bits per heavy atom. The van der Waals surface area contributed by atoms with E-state index in [2.05, 4.69) is 0 Å². The number of nitrogens with zero attached hydrogens (tertiary/aromatic N) is 1. The second-order valence-corrected chi connectivity index (χ2v) is 10.6. The topological polar surface area (TPSA) is 128 Å². The van der Waals surface area contributed by atoms with Crippen LogP contribution < -0.4 is 9.30 Å². The van der Waals surface area contributed by atoms with Crippen LogP contribution in [0.25, 0.3) is 0 Å². The van der Waals surface area contributed by atoms with Gasteiger partial charge in [0.05, 0.1) is 5.76 Å². The van der Waals surface area contributed by atoms with E-state index in [0.717, 1.165) is 0 Å². The number of hydrogen-bond acceptors (Lipinski definition) is 3. The van der Waals surface area contributed by atoms with E-state index in [4.69, 9.17) is 4.74 Å². The van der Waals surface area contributed by atoms with Crippen LogP contribution in [0.4, 0.5) is 0 Å². The standard InChI is InChI=1S/C14H23NO7P2/c1-11(8-14(2,3)4)22-12-6-5-7-15(9-12)10-13(23(16,17)18)24(19,20)21/h5-9,13H,10H2,1-4H3,(H3-,16,17,18,19,20,21)/p+1/b11-8-. The zero-order chi connectivity index (χ0) is 18.8. The third-order valence-electron chi connectivity index (χ3n) is 2.90. The number of allylic oxidation sites excluding steroid dienone is 2. The van der Waals surface area contributed by atoms with Gasteiger partial charge in [-0.25, -0.2) is 4.57 Å². The summed E-state index contributed by atoms with van der Waals surface area (Å²) in [4.78, 5) is 36.7. The summed E-state index contributed by atoms with van der Waals surface area (Å²) in [7, 11) is -9.94. The van der Waals surface area contributed by atoms with Crippen molar-refractivity contribution in [2.75, 3.05) is 0 Å². The fraction of sp³-hybridized carbons (Fsp3) is 0.500. The summed E-state index contributed by atoms with van der Waals surface area (Å²) in [5.74, 6) is 1.03. The third-order valence-corrected chi connectivity index (χ3v) is 6.58. The first-order chi connectivity index (χ1) is 10.7. The summed E-state index contributed by atoms with van der Waals surface area (Å²) in [5.41, 5.74) is -0.0826. The van der Waals surface area contributed by atoms with Gasteiger partial charge in [-0.05, 0) is 24.5 Å². The lowest BCUT2D eigenvalue weighted by Gasteiger charge is -2.17. The summed E-state index contributed by atoms with van der Waals surface area (Å²) in [6.45, 7) is 7.27. The third kappa shape index (κ3) is 7.26. The molecule has 0 aliphatic carbocycles. The van der Waals surface area contributed by atoms with Crippen molar-refractivity contribution in [3.05, 3.63) is 36.4 Å². The van der Waals surface area contributed by atoms with Crippen LogP contribution in [-0.2, 0) is 15.7 Å². The van der Waals surface area contributed by atoms with Crippen LogP contribution in [0.2, 0.25) is 0 Å². The van der Waals surface area contributed by atoms with Gasteiger partial charge >= 0.3 is 15.2 Å². The van der Waals surface area contributed by atoms with Crippen molar-refractivity contribution in [3.63, 3.8) is 0 Å². The predicted molar refractivity (Wildman–Crippen MR) is 88.4 cm³/mol. The molecule has 0 saturated carbocycles. The molecular weight excluding hydrogens is 356 g/mol. The summed E-state index contributed by atoms with van der Waals surface area (Å²) in [6.07, 6.45) is 4.80. The highest BCUT2D eigenvalue weighted by molar-refractivity contribution is 7.70. The first-order valence-electron chi connectivity index (χ1n) is 7.15. The van der Waals surface area contributed by atoms with E-state index in [1.165, 1.54) is 17.0 Å². The minimum Gasteiger partial charge on any atom is -0.456 e. The van der Waals surface area contributed by atoms with Gasteiger partial charge < -0.3 is 24.3 Å². The van der Waals surface area contributed by atoms with E-state index >= 15 is 0 Å². The van der Waals surface area contributed by atoms with Crippen LogP contribution >= 0.6 is 15.2 Å². The molecule has 0 saturated heterocycles. The Morgan fingerprint density at radius 3 is 2.25 bits per heavy atom. The number of pyridine rings is 1. The second kappa shape index (κ2) is 7.48. The molecule has 0 fully saturated rings. The number of hydrogen-bond donors (Lipinski definition) is 4. The predicted octanol–water partition coefficient (Wildman–Crippen LogP) is 1.98. The molecule has 0 bridgehead atoms. The van der Waals surface area contributed by atoms with Crippen molar-refractivity contribution in [1.82, 2.24) is 0 Å². The Hall–Kier alpha value is -1.01. The zero-order valence-corrected chi connectivity index (χ0v) is 15.8. The minimum atomic E-state index is -4.97. The Kier molecular flexibility index (Phi) is 6.56. The molecule has 8 nitrogen and oxygen atoms in total. The SMILES string of the molecule is C/C(=C/C(C)(C)C)Oc1ccc[n+](CC(P(=O)(O)O)P(=O)(O)O)c1. The number of aromatic nitrogens is 1. The lowest BCUT2D eigenvalue weighted by Crippen LogP contribution is -2.39. The lowest BCUT2D eigenvalue weighted by atomic mass is 9.96. The molecule has 0 unspecified atom stereocenters. The molecule has 0 aromatic carbocycles. The molecule has 0 aliphatic rings. The molecule has 0 atom stereocenters. The van der Waals surface area contributed by atoms with Crippen molar-refractivity contribution in [3.8, 4) is 5.75 Å². The zero-order valence-electron chi connectivity index (χ0n) is 14.0. The van der Waals surface area contributed by atoms with Gasteiger partial charge in [-0.1, -0.05) is 20.8 Å². The molecule has 1 aromatic rings. The summed E-state index contributed by atoms with van der Waals surface area (Å²) < 4.78 is 29.6. The molecule has 136 valence electrons. The van der Waals surface area contributed by atoms with E-state index < -0.39 is 27.1 Å². The Bertz CT molecular complexity index is 677. The normalized spacial score (nSPS) is 14.1. The van der Waals surface area contributed by atoms with Crippen LogP contribution in [0.1, 0.15) is 27.7 Å². The largest absolute Gasteiger partial charge is 0.456 e. The van der Waals surface area contributed by atoms with Crippen molar-refractivity contribution in [1.29, 1.82) is 0 Å². The van der Waals surface area contributed by atoms with Crippen LogP contribution in [0.5, 0.6) is 5.75 Å². The fourth-order valence-electron chi connectivity index (χ4n) is 2.09. The number of rotatable bonds is 6. The quantitative estimate of drug-likeness (QED) is 0.337. The lowest BCUT2D eigenvalue weighted by molar-refractivity contribution is -0.694. The second-order valence-electron chi connectivity index (χ2n) is 6.62. The molecule has 1 heterocycles. The van der Waals surface area contributed by atoms with E-state index in [9.17, 15) is 28.7 Å². The smallest absolute Gasteiger partial charge is 0.347 e. The summed E-state index contributed by atoms with van der Waals surface area (Å²) >= 11 is 0. The van der Waals surface area contributed by atoms with Crippen molar-refractivity contribution >= 4 is 15.2 Å². The highest BCUT2D eigenvalue weighted by Crippen LogP contribution is 2.59. The maximum atomic E-state index is 11.4. The summed E-state index contributed by atoms with van der Waals surface area (Å²) in [5, 5.41) is -2.10. The van der Waals surface area contributed by atoms with Crippen molar-refractivity contribution in [2.24, 2.45) is 5.41 Å². The first kappa shape index (κ1) is 21.0. The fourth-order valence-corrected chi connectivity index (χ4v) is 4.46. The summed E-state index contributed by atoms with van der Waals surface area (Å²) in [6, 6.07) is 3.20. The van der Waals surface area contributed by atoms with E-state index in [1.54, 1.807) is 19.1 Å². The van der Waals surface area contributed by atoms with Crippen LogP contribution in [0, 0.1) is 5.41 Å². The minimum absolute atomic E-state index is 0.0826. The highest BCUT2D eigenvalue weighted by atomic mass is 31.2. The van der Waals surface area contributed by atoms with Gasteiger partial charge in [0.25, 0.3) is 0 Å². The molecule has 0 amide bonds. The van der Waals surface area contributed by atoms with Gasteiger partial charge in [-0.15, -0.1) is 0 Å². The average Bonchev–Trinajstić information content (AvgIpc) is 2.31. The van der Waals surface area contributed by atoms with Crippen LogP contribution in [-0.4, -0.2) is 25.0 Å². The van der Waals surface area contributed by atoms with Crippen LogP contribution in [0.3, 0.4) is 0 Å². The molecular formula is C14H24NO7P2+. The maximum Gasteiger partial charge on any atom is 0.347 e. The van der Waals surface area contributed by atoms with E-state index in [1.807, 2.05) is 26.8 Å². The van der Waals surface area contributed by atoms with Gasteiger partial charge in [0.15, 0.2) is 18.5 Å². The molecule has 0 aliphatic heterocycles. The van der Waals surface area contributed by atoms with Gasteiger partial charge in [0.1, 0.15) is 0 Å². The maximum absolute atomic E-state index is 11.4. The molecule has 1 aromatic heterocycles. The van der Waals surface area contributed by atoms with Gasteiger partial charge in [-0.2, -0.15) is 0 Å². The molecule has 4 N–H and O–H groups in total. The number of ether oxygens (including phenoxy) is 1. The van der Waals surface area contributed by atoms with Gasteiger partial charge in [0.2, 0.25) is 11.6 Å². The first-order valence-corrected chi connectivity index (χ1v) is 10.5. The molecule has 24 heavy (non-hydrogen) atoms. The molecule has 0 radical (unpaired) electrons. The Balaban J connectivity index is 3.02. The Morgan fingerprint density at radius 2 is 1.79 bits per heavy atom. The Labute approximate surface area is 141 Å². The van der Waals surface area contributed by atoms with Gasteiger partial charge in [0, 0.05) is 6.07 Å². The molecule has 10 heteroatoms. The van der Waals surface area contributed by atoms with Crippen molar-refractivity contribution in [2.45, 2.75) is 39.6 Å². The van der Waals surface area contributed by atoms with Crippen LogP contribution in [0.15, 0.2) is 36.4 Å². The van der Waals surface area contributed by atoms with E-state index in [-0.39, 0.29) is 5.41 Å². The highest BCUT2D eigenvalue weighted by Gasteiger charge is 2.46. The van der Waals surface area contributed by atoms with Crippen molar-refractivity contribution < 1.29 is 38.0 Å². The van der Waals surface area contributed by atoms with Gasteiger partial charge in [-0.3, -0.25) is 9.13 Å². The average molecular weight is 380 g/mol.